The van der Waals surface area contributed by atoms with Gasteiger partial charge >= 0.3 is 12.1 Å². The second-order valence-electron chi connectivity index (χ2n) is 7.41. The van der Waals surface area contributed by atoms with E-state index in [0.29, 0.717) is 12.8 Å². The summed E-state index contributed by atoms with van der Waals surface area (Å²) in [6.07, 6.45) is -0.719. The van der Waals surface area contributed by atoms with E-state index in [1.807, 2.05) is 30.3 Å². The van der Waals surface area contributed by atoms with Crippen molar-refractivity contribution in [2.24, 2.45) is 0 Å². The van der Waals surface area contributed by atoms with Crippen LogP contribution in [0.2, 0.25) is 0 Å². The molecule has 0 spiro atoms. The maximum absolute atomic E-state index is 12.5. The molecule has 0 aromatic heterocycles. The molecule has 146 valence electrons. The Labute approximate surface area is 158 Å². The Balaban J connectivity index is 2.02. The smallest absolute Gasteiger partial charge is 0.408 e. The lowest BCUT2D eigenvalue weighted by Gasteiger charge is -2.21. The molecule has 7 nitrogen and oxygen atoms in total. The topological polar surface area (TPSA) is 102 Å². The van der Waals surface area contributed by atoms with Gasteiger partial charge < -0.3 is 19.9 Å². The molecule has 2 rings (SSSR count). The fraction of sp³-hybridized carbons (Fsp3) is 0.450. The van der Waals surface area contributed by atoms with Gasteiger partial charge in [0, 0.05) is 0 Å². The van der Waals surface area contributed by atoms with E-state index in [-0.39, 0.29) is 0 Å². The molecule has 0 saturated carbocycles. The molecule has 0 unspecified atom stereocenters. The monoisotopic (exact) mass is 375 g/mol. The highest BCUT2D eigenvalue weighted by Crippen LogP contribution is 2.26. The highest BCUT2D eigenvalue weighted by atomic mass is 16.6. The summed E-state index contributed by atoms with van der Waals surface area (Å²) in [5.74, 6) is -1.99. The SMILES string of the molecule is C[C@H](NC(=O)OC(C)(C)C)C(=O)C1=C(O)[C@@H](CCc2ccccc2)OC1=O. The number of carbonyl (C=O) groups is 3. The zero-order valence-electron chi connectivity index (χ0n) is 15.9. The normalized spacial score (nSPS) is 18.1. The lowest BCUT2D eigenvalue weighted by molar-refractivity contribution is -0.141. The number of aliphatic hydroxyl groups is 1. The predicted octanol–water partition coefficient (Wildman–Crippen LogP) is 2.84. The number of esters is 1. The van der Waals surface area contributed by atoms with E-state index >= 15 is 0 Å². The van der Waals surface area contributed by atoms with E-state index in [1.165, 1.54) is 6.92 Å². The number of aliphatic hydroxyl groups excluding tert-OH is 1. The molecule has 2 N–H and O–H groups in total. The van der Waals surface area contributed by atoms with Gasteiger partial charge in [0.15, 0.2) is 17.6 Å². The van der Waals surface area contributed by atoms with Crippen LogP contribution in [0.1, 0.15) is 39.7 Å². The molecule has 1 heterocycles. The van der Waals surface area contributed by atoms with E-state index in [4.69, 9.17) is 9.47 Å². The minimum Gasteiger partial charge on any atom is -0.507 e. The zero-order chi connectivity index (χ0) is 20.2. The molecule has 0 aliphatic carbocycles. The number of hydrogen-bond donors (Lipinski definition) is 2. The summed E-state index contributed by atoms with van der Waals surface area (Å²) in [4.78, 5) is 36.4. The number of rotatable bonds is 6. The molecular formula is C20H25NO6. The summed E-state index contributed by atoms with van der Waals surface area (Å²) >= 11 is 0. The number of aryl methyl sites for hydroxylation is 1. The molecule has 0 saturated heterocycles. The summed E-state index contributed by atoms with van der Waals surface area (Å²) in [5, 5.41) is 12.7. The maximum atomic E-state index is 12.5. The Morgan fingerprint density at radius 1 is 1.26 bits per heavy atom. The largest absolute Gasteiger partial charge is 0.507 e. The van der Waals surface area contributed by atoms with Gasteiger partial charge in [-0.15, -0.1) is 0 Å². The average Bonchev–Trinajstić information content (AvgIpc) is 2.85. The third-order valence-electron chi connectivity index (χ3n) is 3.93. The number of ketones is 1. The van der Waals surface area contributed by atoms with E-state index in [2.05, 4.69) is 5.32 Å². The van der Waals surface area contributed by atoms with Crippen molar-refractivity contribution < 1.29 is 29.0 Å². The fourth-order valence-electron chi connectivity index (χ4n) is 2.64. The fourth-order valence-corrected chi connectivity index (χ4v) is 2.64. The van der Waals surface area contributed by atoms with Crippen LogP contribution < -0.4 is 5.32 Å². The molecule has 1 aromatic rings. The molecule has 0 radical (unpaired) electrons. The number of nitrogens with one attached hydrogen (secondary N) is 1. The van der Waals surface area contributed by atoms with E-state index in [1.54, 1.807) is 20.8 Å². The standard InChI is InChI=1S/C20H25NO6/c1-12(21-19(25)27-20(2,3)4)16(22)15-17(23)14(26-18(15)24)11-10-13-8-6-5-7-9-13/h5-9,12,14,23H,10-11H2,1-4H3,(H,21,25)/t12-,14+/m0/s1. The van der Waals surface area contributed by atoms with Crippen LogP contribution in [0.5, 0.6) is 0 Å². The van der Waals surface area contributed by atoms with Crippen molar-refractivity contribution in [1.82, 2.24) is 5.32 Å². The minimum absolute atomic E-state index is 0.353. The van der Waals surface area contributed by atoms with Crippen molar-refractivity contribution >= 4 is 17.8 Å². The van der Waals surface area contributed by atoms with Crippen LogP contribution in [0, 0.1) is 0 Å². The Hall–Kier alpha value is -2.83. The van der Waals surface area contributed by atoms with Gasteiger partial charge in [-0.05, 0) is 46.1 Å². The number of cyclic esters (lactones) is 1. The van der Waals surface area contributed by atoms with Gasteiger partial charge in [0.25, 0.3) is 0 Å². The van der Waals surface area contributed by atoms with E-state index < -0.39 is 46.9 Å². The van der Waals surface area contributed by atoms with Gasteiger partial charge in [-0.1, -0.05) is 30.3 Å². The molecular weight excluding hydrogens is 350 g/mol. The molecule has 0 bridgehead atoms. The van der Waals surface area contributed by atoms with Gasteiger partial charge in [0.2, 0.25) is 0 Å². The van der Waals surface area contributed by atoms with Crippen LogP contribution >= 0.6 is 0 Å². The number of Topliss-reactive ketones (excluding diaryl/α,β-unsaturated/α-hetero) is 1. The molecule has 1 amide bonds. The number of carbonyl (C=O) groups excluding carboxylic acids is 3. The maximum Gasteiger partial charge on any atom is 0.408 e. The Morgan fingerprint density at radius 3 is 2.48 bits per heavy atom. The second-order valence-corrected chi connectivity index (χ2v) is 7.41. The van der Waals surface area contributed by atoms with E-state index in [9.17, 15) is 19.5 Å². The van der Waals surface area contributed by atoms with Crippen molar-refractivity contribution in [3.63, 3.8) is 0 Å². The summed E-state index contributed by atoms with van der Waals surface area (Å²) < 4.78 is 10.2. The van der Waals surface area contributed by atoms with Crippen LogP contribution in [-0.2, 0) is 25.5 Å². The Morgan fingerprint density at radius 2 is 1.89 bits per heavy atom. The van der Waals surface area contributed by atoms with Crippen LogP contribution in [0.3, 0.4) is 0 Å². The van der Waals surface area contributed by atoms with Crippen molar-refractivity contribution in [2.75, 3.05) is 0 Å². The van der Waals surface area contributed by atoms with Gasteiger partial charge in [-0.25, -0.2) is 9.59 Å². The highest BCUT2D eigenvalue weighted by Gasteiger charge is 2.40. The number of benzene rings is 1. The third-order valence-corrected chi connectivity index (χ3v) is 3.93. The van der Waals surface area contributed by atoms with Gasteiger partial charge in [0.1, 0.15) is 11.2 Å². The van der Waals surface area contributed by atoms with Crippen LogP contribution in [0.4, 0.5) is 4.79 Å². The number of ether oxygens (including phenoxy) is 2. The quantitative estimate of drug-likeness (QED) is 0.586. The first-order valence-corrected chi connectivity index (χ1v) is 8.80. The molecule has 1 aliphatic heterocycles. The summed E-state index contributed by atoms with van der Waals surface area (Å²) in [5.41, 5.74) is -0.110. The van der Waals surface area contributed by atoms with Crippen LogP contribution in [0.15, 0.2) is 41.7 Å². The first-order valence-electron chi connectivity index (χ1n) is 8.80. The summed E-state index contributed by atoms with van der Waals surface area (Å²) in [7, 11) is 0. The van der Waals surface area contributed by atoms with Crippen molar-refractivity contribution in [2.45, 2.75) is 58.3 Å². The molecule has 2 atom stereocenters. The molecule has 27 heavy (non-hydrogen) atoms. The summed E-state index contributed by atoms with van der Waals surface area (Å²) in [6.45, 7) is 6.49. The number of hydrogen-bond acceptors (Lipinski definition) is 6. The lowest BCUT2D eigenvalue weighted by Crippen LogP contribution is -2.42. The highest BCUT2D eigenvalue weighted by molar-refractivity contribution is 6.21. The Bertz CT molecular complexity index is 747. The number of amides is 1. The molecule has 1 aromatic carbocycles. The van der Waals surface area contributed by atoms with E-state index in [0.717, 1.165) is 5.56 Å². The first kappa shape index (κ1) is 20.5. The zero-order valence-corrected chi connectivity index (χ0v) is 15.9. The third kappa shape index (κ3) is 5.57. The number of alkyl carbamates (subject to hydrolysis) is 1. The van der Waals surface area contributed by atoms with Crippen molar-refractivity contribution in [3.8, 4) is 0 Å². The lowest BCUT2D eigenvalue weighted by atomic mass is 10.0. The van der Waals surface area contributed by atoms with Gasteiger partial charge in [-0.2, -0.15) is 0 Å². The van der Waals surface area contributed by atoms with Gasteiger partial charge in [0.05, 0.1) is 6.04 Å². The molecule has 1 aliphatic rings. The summed E-state index contributed by atoms with van der Waals surface area (Å²) in [6, 6.07) is 8.49. The predicted molar refractivity (Wildman–Crippen MR) is 98.1 cm³/mol. The van der Waals surface area contributed by atoms with Gasteiger partial charge in [-0.3, -0.25) is 4.79 Å². The second kappa shape index (κ2) is 8.24. The van der Waals surface area contributed by atoms with Crippen molar-refractivity contribution in [1.29, 1.82) is 0 Å². The molecule has 7 heteroatoms. The first-order chi connectivity index (χ1) is 12.6. The van der Waals surface area contributed by atoms with Crippen LogP contribution in [-0.4, -0.2) is 40.7 Å². The average molecular weight is 375 g/mol. The Kier molecular flexibility index (Phi) is 6.25. The van der Waals surface area contributed by atoms with Crippen molar-refractivity contribution in [3.05, 3.63) is 47.2 Å². The minimum atomic E-state index is -1.04. The van der Waals surface area contributed by atoms with Crippen LogP contribution in [0.25, 0.3) is 0 Å². The molecule has 0 fully saturated rings.